The highest BCUT2D eigenvalue weighted by Crippen LogP contribution is 2.22. The maximum atomic E-state index is 12.2. The second kappa shape index (κ2) is 9.17. The lowest BCUT2D eigenvalue weighted by Gasteiger charge is -2.22. The van der Waals surface area contributed by atoms with Gasteiger partial charge >= 0.3 is 0 Å². The highest BCUT2D eigenvalue weighted by Gasteiger charge is 2.17. The molecule has 0 aromatic heterocycles. The van der Waals surface area contributed by atoms with Crippen molar-refractivity contribution in [1.29, 1.82) is 0 Å². The highest BCUT2D eigenvalue weighted by molar-refractivity contribution is 7.89. The average molecular weight is 426 g/mol. The molecule has 0 bridgehead atoms. The van der Waals surface area contributed by atoms with Gasteiger partial charge in [0.2, 0.25) is 10.0 Å². The van der Waals surface area contributed by atoms with Crippen LogP contribution in [0.15, 0.2) is 89.8 Å². The van der Waals surface area contributed by atoms with Crippen LogP contribution in [-0.2, 0) is 10.0 Å². The van der Waals surface area contributed by atoms with Crippen molar-refractivity contribution < 1.29 is 8.42 Å². The molecule has 0 aliphatic rings. The van der Waals surface area contributed by atoms with E-state index in [0.29, 0.717) is 10.8 Å². The fourth-order valence-electron chi connectivity index (χ4n) is 2.87. The summed E-state index contributed by atoms with van der Waals surface area (Å²) in [7, 11) is -0.441. The van der Waals surface area contributed by atoms with E-state index >= 15 is 0 Å². The Bertz CT molecular complexity index is 1010. The molecule has 0 amide bonds. The van der Waals surface area contributed by atoms with Gasteiger partial charge in [-0.1, -0.05) is 60.7 Å². The molecule has 3 rings (SSSR count). The van der Waals surface area contributed by atoms with E-state index in [1.54, 1.807) is 24.3 Å². The molecular formula is C22H23N3O2S2. The Kier molecular flexibility index (Phi) is 6.64. The molecule has 3 aromatic carbocycles. The molecule has 0 atom stereocenters. The summed E-state index contributed by atoms with van der Waals surface area (Å²) >= 11 is 5.51. The molecule has 0 aliphatic heterocycles. The molecular weight excluding hydrogens is 402 g/mol. The molecule has 29 heavy (non-hydrogen) atoms. The van der Waals surface area contributed by atoms with Gasteiger partial charge in [0.1, 0.15) is 0 Å². The third-order valence-corrected chi connectivity index (χ3v) is 6.48. The minimum Gasteiger partial charge on any atom is -0.352 e. The van der Waals surface area contributed by atoms with Crippen molar-refractivity contribution in [2.75, 3.05) is 19.4 Å². The molecule has 0 aliphatic carbocycles. The number of sulfonamides is 1. The van der Waals surface area contributed by atoms with Gasteiger partial charge < -0.3 is 10.6 Å². The van der Waals surface area contributed by atoms with Gasteiger partial charge in [-0.3, -0.25) is 0 Å². The molecule has 0 saturated heterocycles. The van der Waals surface area contributed by atoms with Gasteiger partial charge in [-0.25, -0.2) is 12.7 Å². The van der Waals surface area contributed by atoms with Crippen molar-refractivity contribution in [3.63, 3.8) is 0 Å². The summed E-state index contributed by atoms with van der Waals surface area (Å²) in [4.78, 5) is 0.235. The molecule has 3 aromatic rings. The molecule has 0 fully saturated rings. The van der Waals surface area contributed by atoms with Crippen molar-refractivity contribution >= 4 is 33.0 Å². The Labute approximate surface area is 177 Å². The summed E-state index contributed by atoms with van der Waals surface area (Å²) in [6.45, 7) is 0. The standard InChI is InChI=1S/C22H23N3O2S2/c1-25(2)29(26,27)20-15-13-19(14-16-20)23-22(28)24-21(17-9-5-3-6-10-17)18-11-7-4-8-12-18/h3-16,21H,1-2H3,(H2,23,24,28). The zero-order valence-corrected chi connectivity index (χ0v) is 17.9. The SMILES string of the molecule is CN(C)S(=O)(=O)c1ccc(NC(=S)NC(c2ccccc2)c2ccccc2)cc1. The second-order valence-electron chi connectivity index (χ2n) is 6.66. The third kappa shape index (κ3) is 5.20. The van der Waals surface area contributed by atoms with Crippen LogP contribution in [0.2, 0.25) is 0 Å². The Hall–Kier alpha value is -2.74. The Morgan fingerprint density at radius 3 is 1.76 bits per heavy atom. The first-order chi connectivity index (χ1) is 13.9. The van der Waals surface area contributed by atoms with Gasteiger partial charge in [0.25, 0.3) is 0 Å². The number of thiocarbonyl (C=S) groups is 1. The number of rotatable bonds is 6. The van der Waals surface area contributed by atoms with Gasteiger partial charge in [0, 0.05) is 19.8 Å². The molecule has 0 spiro atoms. The largest absolute Gasteiger partial charge is 0.352 e. The van der Waals surface area contributed by atoms with Crippen LogP contribution >= 0.6 is 12.2 Å². The molecule has 2 N–H and O–H groups in total. The van der Waals surface area contributed by atoms with Crippen LogP contribution in [0.4, 0.5) is 5.69 Å². The molecule has 150 valence electrons. The monoisotopic (exact) mass is 425 g/mol. The minimum atomic E-state index is -3.46. The molecule has 0 saturated carbocycles. The molecule has 0 unspecified atom stereocenters. The fraction of sp³-hybridized carbons (Fsp3) is 0.136. The van der Waals surface area contributed by atoms with E-state index in [1.165, 1.54) is 18.4 Å². The Balaban J connectivity index is 1.76. The van der Waals surface area contributed by atoms with Crippen LogP contribution in [0.25, 0.3) is 0 Å². The number of hydrogen-bond acceptors (Lipinski definition) is 3. The molecule has 0 heterocycles. The minimum absolute atomic E-state index is 0.106. The van der Waals surface area contributed by atoms with E-state index in [4.69, 9.17) is 12.2 Å². The van der Waals surface area contributed by atoms with E-state index in [2.05, 4.69) is 10.6 Å². The van der Waals surface area contributed by atoms with E-state index in [0.717, 1.165) is 11.1 Å². The van der Waals surface area contributed by atoms with Gasteiger partial charge in [-0.05, 0) is 47.6 Å². The molecule has 7 heteroatoms. The number of nitrogens with zero attached hydrogens (tertiary/aromatic N) is 1. The van der Waals surface area contributed by atoms with Crippen LogP contribution in [0.5, 0.6) is 0 Å². The number of hydrogen-bond donors (Lipinski definition) is 2. The molecule has 5 nitrogen and oxygen atoms in total. The maximum absolute atomic E-state index is 12.2. The lowest BCUT2D eigenvalue weighted by atomic mass is 9.99. The summed E-state index contributed by atoms with van der Waals surface area (Å²) in [5.74, 6) is 0. The zero-order chi connectivity index (χ0) is 20.9. The lowest BCUT2D eigenvalue weighted by Crippen LogP contribution is -2.33. The van der Waals surface area contributed by atoms with Crippen molar-refractivity contribution in [1.82, 2.24) is 9.62 Å². The van der Waals surface area contributed by atoms with Crippen LogP contribution < -0.4 is 10.6 Å². The summed E-state index contributed by atoms with van der Waals surface area (Å²) in [5, 5.41) is 6.94. The second-order valence-corrected chi connectivity index (χ2v) is 9.22. The first kappa shape index (κ1) is 21.0. The normalized spacial score (nSPS) is 11.4. The van der Waals surface area contributed by atoms with Crippen molar-refractivity contribution in [2.24, 2.45) is 0 Å². The van der Waals surface area contributed by atoms with Crippen molar-refractivity contribution in [3.05, 3.63) is 96.1 Å². The Morgan fingerprint density at radius 1 is 0.828 bits per heavy atom. The van der Waals surface area contributed by atoms with Crippen molar-refractivity contribution in [2.45, 2.75) is 10.9 Å². The van der Waals surface area contributed by atoms with Crippen LogP contribution in [0.3, 0.4) is 0 Å². The Morgan fingerprint density at radius 2 is 1.31 bits per heavy atom. The predicted octanol–water partition coefficient (Wildman–Crippen LogP) is 4.01. The first-order valence-corrected chi connectivity index (χ1v) is 10.9. The van der Waals surface area contributed by atoms with Crippen LogP contribution in [0, 0.1) is 0 Å². The number of anilines is 1. The van der Waals surface area contributed by atoms with Crippen LogP contribution in [0.1, 0.15) is 17.2 Å². The van der Waals surface area contributed by atoms with E-state index in [-0.39, 0.29) is 10.9 Å². The highest BCUT2D eigenvalue weighted by atomic mass is 32.2. The smallest absolute Gasteiger partial charge is 0.242 e. The average Bonchev–Trinajstić information content (AvgIpc) is 2.73. The van der Waals surface area contributed by atoms with Gasteiger partial charge in [-0.2, -0.15) is 0 Å². The van der Waals surface area contributed by atoms with Crippen molar-refractivity contribution in [3.8, 4) is 0 Å². The quantitative estimate of drug-likeness (QED) is 0.584. The lowest BCUT2D eigenvalue weighted by molar-refractivity contribution is 0.521. The fourth-order valence-corrected chi connectivity index (χ4v) is 4.01. The topological polar surface area (TPSA) is 61.4 Å². The van der Waals surface area contributed by atoms with E-state index in [1.807, 2.05) is 60.7 Å². The van der Waals surface area contributed by atoms with Crippen LogP contribution in [-0.4, -0.2) is 31.9 Å². The first-order valence-electron chi connectivity index (χ1n) is 9.08. The van der Waals surface area contributed by atoms with E-state index in [9.17, 15) is 8.42 Å². The van der Waals surface area contributed by atoms with E-state index < -0.39 is 10.0 Å². The summed E-state index contributed by atoms with van der Waals surface area (Å²) < 4.78 is 25.6. The summed E-state index contributed by atoms with van der Waals surface area (Å²) in [6.07, 6.45) is 0. The zero-order valence-electron chi connectivity index (χ0n) is 16.2. The van der Waals surface area contributed by atoms with Gasteiger partial charge in [-0.15, -0.1) is 0 Å². The third-order valence-electron chi connectivity index (χ3n) is 4.43. The van der Waals surface area contributed by atoms with Gasteiger partial charge in [0.05, 0.1) is 10.9 Å². The number of nitrogens with one attached hydrogen (secondary N) is 2. The maximum Gasteiger partial charge on any atom is 0.242 e. The summed E-state index contributed by atoms with van der Waals surface area (Å²) in [6, 6.07) is 26.5. The predicted molar refractivity (Wildman–Crippen MR) is 121 cm³/mol. The number of benzene rings is 3. The van der Waals surface area contributed by atoms with Gasteiger partial charge in [0.15, 0.2) is 5.11 Å². The molecule has 0 radical (unpaired) electrons. The summed E-state index contributed by atoms with van der Waals surface area (Å²) in [5.41, 5.74) is 2.89.